The molecule has 0 spiro atoms. The van der Waals surface area contributed by atoms with Gasteiger partial charge in [-0.15, -0.1) is 0 Å². The summed E-state index contributed by atoms with van der Waals surface area (Å²) in [5.74, 6) is 0.634. The highest BCUT2D eigenvalue weighted by Gasteiger charge is 2.43. The van der Waals surface area contributed by atoms with E-state index < -0.39 is 0 Å². The summed E-state index contributed by atoms with van der Waals surface area (Å²) in [6.45, 7) is 8.82. The quantitative estimate of drug-likeness (QED) is 0.280. The summed E-state index contributed by atoms with van der Waals surface area (Å²) >= 11 is 0. The molecule has 2 aliphatic heterocycles. The molecule has 4 heteroatoms. The van der Waals surface area contributed by atoms with Crippen molar-refractivity contribution in [2.75, 3.05) is 4.90 Å². The number of hydrogen-bond acceptors (Lipinski definition) is 2. The molecule has 174 valence electrons. The highest BCUT2D eigenvalue weighted by Crippen LogP contribution is 2.43. The zero-order valence-corrected chi connectivity index (χ0v) is 20.9. The summed E-state index contributed by atoms with van der Waals surface area (Å²) in [5, 5.41) is 4.56. The molecule has 5 aromatic rings. The molecule has 0 radical (unpaired) electrons. The van der Waals surface area contributed by atoms with Crippen LogP contribution in [0.25, 0.3) is 21.5 Å². The Morgan fingerprint density at radius 2 is 1.56 bits per heavy atom. The van der Waals surface area contributed by atoms with Gasteiger partial charge in [0.15, 0.2) is 0 Å². The van der Waals surface area contributed by atoms with Crippen molar-refractivity contribution in [3.05, 3.63) is 96.1 Å². The van der Waals surface area contributed by atoms with Gasteiger partial charge in [0.1, 0.15) is 5.75 Å². The van der Waals surface area contributed by atoms with Crippen molar-refractivity contribution in [2.45, 2.75) is 33.1 Å². The first kappa shape index (κ1) is 21.3. The van der Waals surface area contributed by atoms with Gasteiger partial charge < -0.3 is 4.74 Å². The van der Waals surface area contributed by atoms with Crippen molar-refractivity contribution < 1.29 is 9.53 Å². The minimum atomic E-state index is -0.345. The van der Waals surface area contributed by atoms with Crippen molar-refractivity contribution in [3.63, 3.8) is 0 Å². The second-order valence-electron chi connectivity index (χ2n) is 11.0. The first-order chi connectivity index (χ1) is 17.3. The molecule has 7 rings (SSSR count). The van der Waals surface area contributed by atoms with Crippen molar-refractivity contribution in [1.82, 2.24) is 0 Å². The molecule has 0 fully saturated rings. The van der Waals surface area contributed by atoms with Gasteiger partial charge in [-0.1, -0.05) is 105 Å². The molecule has 1 amide bonds. The van der Waals surface area contributed by atoms with E-state index in [1.807, 2.05) is 17.0 Å². The van der Waals surface area contributed by atoms with Gasteiger partial charge in [0.05, 0.1) is 5.69 Å². The lowest BCUT2D eigenvalue weighted by Gasteiger charge is -2.39. The summed E-state index contributed by atoms with van der Waals surface area (Å²) in [6.07, 6.45) is -0.345. The predicted molar refractivity (Wildman–Crippen MR) is 151 cm³/mol. The zero-order valence-electron chi connectivity index (χ0n) is 20.9. The van der Waals surface area contributed by atoms with Crippen LogP contribution in [0.5, 0.6) is 5.75 Å². The molecule has 0 unspecified atom stereocenters. The number of carbonyl (C=O) groups is 1. The van der Waals surface area contributed by atoms with E-state index in [9.17, 15) is 4.79 Å². The fourth-order valence-corrected chi connectivity index (χ4v) is 6.07. The average molecular weight is 467 g/mol. The van der Waals surface area contributed by atoms with Crippen LogP contribution in [0.2, 0.25) is 0 Å². The molecule has 0 bridgehead atoms. The minimum absolute atomic E-state index is 0.00488. The lowest BCUT2D eigenvalue weighted by atomic mass is 9.33. The Morgan fingerprint density at radius 3 is 2.39 bits per heavy atom. The lowest BCUT2D eigenvalue weighted by molar-refractivity contribution is 0.210. The van der Waals surface area contributed by atoms with Gasteiger partial charge in [0, 0.05) is 11.1 Å². The third-order valence-corrected chi connectivity index (χ3v) is 7.85. The Balaban J connectivity index is 1.65. The van der Waals surface area contributed by atoms with E-state index in [0.717, 1.165) is 33.1 Å². The molecular weight excluding hydrogens is 441 g/mol. The minimum Gasteiger partial charge on any atom is -0.409 e. The number of fused-ring (bicyclic) bond motifs is 3. The topological polar surface area (TPSA) is 29.5 Å². The maximum absolute atomic E-state index is 13.6. The second-order valence-corrected chi connectivity index (χ2v) is 11.0. The van der Waals surface area contributed by atoms with Crippen LogP contribution in [0.1, 0.15) is 31.9 Å². The number of carbonyl (C=O) groups excluding carboxylic acids is 1. The SMILES string of the molecule is Cc1ccc2ccccc2c1B1c2ccc(C(C)(C)C)cc2N2C(=O)Oc3cccc4ccc1c2c34. The Bertz CT molecular complexity index is 1750. The Morgan fingerprint density at radius 1 is 0.806 bits per heavy atom. The Kier molecular flexibility index (Phi) is 4.27. The molecule has 2 heterocycles. The number of nitrogens with zero attached hydrogens (tertiary/aromatic N) is 1. The molecule has 2 aliphatic rings. The number of benzene rings is 5. The predicted octanol–water partition coefficient (Wildman–Crippen LogP) is 6.08. The van der Waals surface area contributed by atoms with Crippen LogP contribution in [0, 0.1) is 6.92 Å². The summed E-state index contributed by atoms with van der Waals surface area (Å²) < 4.78 is 5.90. The maximum atomic E-state index is 13.6. The van der Waals surface area contributed by atoms with Crippen LogP contribution in [-0.2, 0) is 5.41 Å². The monoisotopic (exact) mass is 467 g/mol. The third kappa shape index (κ3) is 2.84. The zero-order chi connectivity index (χ0) is 24.8. The van der Waals surface area contributed by atoms with Crippen molar-refractivity contribution in [2.24, 2.45) is 0 Å². The van der Waals surface area contributed by atoms with E-state index in [1.54, 1.807) is 0 Å². The van der Waals surface area contributed by atoms with Gasteiger partial charge in [-0.25, -0.2) is 9.69 Å². The van der Waals surface area contributed by atoms with Crippen molar-refractivity contribution >= 4 is 62.1 Å². The van der Waals surface area contributed by atoms with Gasteiger partial charge in [0.2, 0.25) is 6.71 Å². The smallest absolute Gasteiger partial charge is 0.409 e. The van der Waals surface area contributed by atoms with Crippen LogP contribution in [0.4, 0.5) is 16.2 Å². The van der Waals surface area contributed by atoms with Crippen molar-refractivity contribution in [3.8, 4) is 5.75 Å². The number of anilines is 2. The fraction of sp³-hybridized carbons (Fsp3) is 0.156. The normalized spacial score (nSPS) is 14.3. The molecule has 0 aromatic heterocycles. The number of ether oxygens (including phenoxy) is 1. The maximum Gasteiger partial charge on any atom is 0.424 e. The fourth-order valence-electron chi connectivity index (χ4n) is 6.07. The molecule has 0 saturated heterocycles. The number of amides is 1. The van der Waals surface area contributed by atoms with E-state index in [1.165, 1.54) is 27.4 Å². The Labute approximate surface area is 211 Å². The lowest BCUT2D eigenvalue weighted by Crippen LogP contribution is -2.60. The van der Waals surface area contributed by atoms with E-state index in [4.69, 9.17) is 4.74 Å². The first-order valence-electron chi connectivity index (χ1n) is 12.5. The van der Waals surface area contributed by atoms with Gasteiger partial charge in [-0.05, 0) is 57.1 Å². The van der Waals surface area contributed by atoms with Gasteiger partial charge in [-0.3, -0.25) is 0 Å². The van der Waals surface area contributed by atoms with Crippen LogP contribution in [-0.4, -0.2) is 12.8 Å². The molecule has 0 aliphatic carbocycles. The summed E-state index contributed by atoms with van der Waals surface area (Å²) in [7, 11) is 0. The van der Waals surface area contributed by atoms with E-state index >= 15 is 0 Å². The second kappa shape index (κ2) is 7.24. The van der Waals surface area contributed by atoms with Gasteiger partial charge in [-0.2, -0.15) is 0 Å². The molecule has 0 saturated carbocycles. The van der Waals surface area contributed by atoms with Crippen LogP contribution in [0.15, 0.2) is 84.9 Å². The number of rotatable bonds is 1. The molecule has 36 heavy (non-hydrogen) atoms. The summed E-state index contributed by atoms with van der Waals surface area (Å²) in [6, 6.07) is 30.0. The molecule has 0 atom stereocenters. The molecule has 3 nitrogen and oxygen atoms in total. The number of aryl methyl sites for hydroxylation is 1. The number of hydrogen-bond donors (Lipinski definition) is 0. The molecule has 5 aromatic carbocycles. The summed E-state index contributed by atoms with van der Waals surface area (Å²) in [4.78, 5) is 15.4. The molecule has 0 N–H and O–H groups in total. The highest BCUT2D eigenvalue weighted by atomic mass is 16.6. The first-order valence-corrected chi connectivity index (χ1v) is 12.5. The Hall–Kier alpha value is -4.05. The average Bonchev–Trinajstić information content (AvgIpc) is 2.86. The summed E-state index contributed by atoms with van der Waals surface area (Å²) in [5.41, 5.74) is 7.82. The van der Waals surface area contributed by atoms with Crippen LogP contribution in [0.3, 0.4) is 0 Å². The van der Waals surface area contributed by atoms with Gasteiger partial charge >= 0.3 is 6.09 Å². The van der Waals surface area contributed by atoms with Crippen LogP contribution < -0.4 is 26.0 Å². The standard InChI is InChI=1S/C32H26BNO2/c1-19-12-13-20-8-5-6-10-23(20)29(19)33-24-17-15-22(32(2,3)4)18-26(24)34-30-25(33)16-14-21-9-7-11-27(28(21)30)36-31(34)35/h5-18H,1-4H3. The third-order valence-electron chi connectivity index (χ3n) is 7.85. The van der Waals surface area contributed by atoms with E-state index in [-0.39, 0.29) is 18.2 Å². The van der Waals surface area contributed by atoms with Gasteiger partial charge in [0.25, 0.3) is 0 Å². The highest BCUT2D eigenvalue weighted by molar-refractivity contribution is 6.99. The van der Waals surface area contributed by atoms with E-state index in [2.05, 4.69) is 100 Å². The molecular formula is C32H26BNO2. The van der Waals surface area contributed by atoms with Crippen LogP contribution >= 0.6 is 0 Å². The van der Waals surface area contributed by atoms with Crippen molar-refractivity contribution in [1.29, 1.82) is 0 Å². The largest absolute Gasteiger partial charge is 0.424 e. The van der Waals surface area contributed by atoms with E-state index in [0.29, 0.717) is 5.75 Å².